The van der Waals surface area contributed by atoms with Gasteiger partial charge in [0.15, 0.2) is 6.10 Å². The van der Waals surface area contributed by atoms with E-state index in [2.05, 4.69) is 5.32 Å². The number of ketones is 1. The molecule has 2 aromatic rings. The Kier molecular flexibility index (Phi) is 4.85. The van der Waals surface area contributed by atoms with E-state index in [0.29, 0.717) is 11.4 Å². The third-order valence-electron chi connectivity index (χ3n) is 3.63. The van der Waals surface area contributed by atoms with Gasteiger partial charge in [0.2, 0.25) is 11.7 Å². The Labute approximate surface area is 147 Å². The number of hydrogen-bond acceptors (Lipinski definition) is 5. The van der Waals surface area contributed by atoms with Crippen molar-refractivity contribution < 1.29 is 23.5 Å². The summed E-state index contributed by atoms with van der Waals surface area (Å²) in [5.74, 6) is -1.34. The highest BCUT2D eigenvalue weighted by atomic mass is 32.2. The summed E-state index contributed by atoms with van der Waals surface area (Å²) in [6, 6.07) is 9.86. The number of fused-ring (bicyclic) bond motifs is 1. The second-order valence-electron chi connectivity index (χ2n) is 5.47. The molecule has 0 bridgehead atoms. The van der Waals surface area contributed by atoms with Gasteiger partial charge in [-0.3, -0.25) is 9.59 Å². The Bertz CT molecular complexity index is 851. The number of rotatable bonds is 4. The first-order valence-corrected chi connectivity index (χ1v) is 8.50. The zero-order valence-corrected chi connectivity index (χ0v) is 14.1. The number of amides is 1. The molecule has 0 aromatic heterocycles. The van der Waals surface area contributed by atoms with Crippen molar-refractivity contribution in [3.05, 3.63) is 59.4 Å². The van der Waals surface area contributed by atoms with Crippen molar-refractivity contribution in [3.8, 4) is 0 Å². The molecule has 0 spiro atoms. The second kappa shape index (κ2) is 7.06. The van der Waals surface area contributed by atoms with Crippen LogP contribution in [-0.2, 0) is 9.53 Å². The molecule has 0 saturated heterocycles. The number of thioether (sulfide) groups is 1. The smallest absolute Gasteiger partial charge is 0.338 e. The fourth-order valence-corrected chi connectivity index (χ4v) is 3.13. The number of carbonyl (C=O) groups is 3. The number of nitrogens with one attached hydrogen (secondary N) is 1. The third-order valence-corrected chi connectivity index (χ3v) is 4.70. The Morgan fingerprint density at radius 1 is 1.16 bits per heavy atom. The molecule has 128 valence electrons. The molecular weight excluding hydrogens is 345 g/mol. The van der Waals surface area contributed by atoms with Gasteiger partial charge in [0.05, 0.1) is 17.0 Å². The SMILES string of the molecule is CC(OC(=O)c1ccc2c(c1)NC(=O)CS2)C(=O)c1ccc(F)cc1. The van der Waals surface area contributed by atoms with Crippen LogP contribution in [0.25, 0.3) is 0 Å². The molecule has 1 unspecified atom stereocenters. The van der Waals surface area contributed by atoms with Crippen LogP contribution >= 0.6 is 11.8 Å². The average molecular weight is 359 g/mol. The molecular formula is C18H14FNO4S. The number of esters is 1. The van der Waals surface area contributed by atoms with Crippen LogP contribution in [0, 0.1) is 5.82 Å². The van der Waals surface area contributed by atoms with Crippen molar-refractivity contribution in [2.45, 2.75) is 17.9 Å². The van der Waals surface area contributed by atoms with Crippen molar-refractivity contribution in [1.29, 1.82) is 0 Å². The lowest BCUT2D eigenvalue weighted by Gasteiger charge is -2.17. The van der Waals surface area contributed by atoms with Crippen molar-refractivity contribution in [2.24, 2.45) is 0 Å². The Balaban J connectivity index is 1.71. The summed E-state index contributed by atoms with van der Waals surface area (Å²) >= 11 is 1.39. The number of halogens is 1. The highest BCUT2D eigenvalue weighted by molar-refractivity contribution is 8.00. The predicted molar refractivity (Wildman–Crippen MR) is 91.4 cm³/mol. The van der Waals surface area contributed by atoms with Crippen LogP contribution in [0.15, 0.2) is 47.4 Å². The lowest BCUT2D eigenvalue weighted by molar-refractivity contribution is -0.113. The lowest BCUT2D eigenvalue weighted by Crippen LogP contribution is -2.25. The monoisotopic (exact) mass is 359 g/mol. The van der Waals surface area contributed by atoms with Gasteiger partial charge in [0.25, 0.3) is 0 Å². The van der Waals surface area contributed by atoms with Crippen LogP contribution in [-0.4, -0.2) is 29.5 Å². The summed E-state index contributed by atoms with van der Waals surface area (Å²) in [6.45, 7) is 1.46. The van der Waals surface area contributed by atoms with Gasteiger partial charge in [-0.25, -0.2) is 9.18 Å². The maximum Gasteiger partial charge on any atom is 0.338 e. The molecule has 1 amide bonds. The lowest BCUT2D eigenvalue weighted by atomic mass is 10.1. The molecule has 1 aliphatic heterocycles. The summed E-state index contributed by atoms with van der Waals surface area (Å²) < 4.78 is 18.1. The molecule has 0 aliphatic carbocycles. The van der Waals surface area contributed by atoms with Gasteiger partial charge in [-0.15, -0.1) is 11.8 Å². The standard InChI is InChI=1S/C18H14FNO4S/c1-10(17(22)11-2-5-13(19)6-3-11)24-18(23)12-4-7-15-14(8-12)20-16(21)9-25-15/h2-8,10H,9H2,1H3,(H,20,21). The van der Waals surface area contributed by atoms with Gasteiger partial charge >= 0.3 is 5.97 Å². The third kappa shape index (κ3) is 3.88. The summed E-state index contributed by atoms with van der Waals surface area (Å²) in [5, 5.41) is 2.69. The molecule has 1 N–H and O–H groups in total. The van der Waals surface area contributed by atoms with E-state index in [1.165, 1.54) is 49.0 Å². The zero-order valence-electron chi connectivity index (χ0n) is 13.2. The highest BCUT2D eigenvalue weighted by Crippen LogP contribution is 2.32. The van der Waals surface area contributed by atoms with E-state index in [1.807, 2.05) is 0 Å². The topological polar surface area (TPSA) is 72.5 Å². The molecule has 0 saturated carbocycles. The van der Waals surface area contributed by atoms with E-state index in [9.17, 15) is 18.8 Å². The Hall–Kier alpha value is -2.67. The minimum absolute atomic E-state index is 0.136. The summed E-state index contributed by atoms with van der Waals surface area (Å²) in [5.41, 5.74) is 1.05. The number of anilines is 1. The van der Waals surface area contributed by atoms with Crippen LogP contribution in [0.3, 0.4) is 0 Å². The maximum absolute atomic E-state index is 12.9. The molecule has 3 rings (SSSR count). The Morgan fingerprint density at radius 2 is 1.84 bits per heavy atom. The number of hydrogen-bond donors (Lipinski definition) is 1. The van der Waals surface area contributed by atoms with Gasteiger partial charge in [0.1, 0.15) is 5.82 Å². The maximum atomic E-state index is 12.9. The van der Waals surface area contributed by atoms with Crippen molar-refractivity contribution >= 4 is 35.1 Å². The molecule has 1 heterocycles. The molecule has 7 heteroatoms. The first-order valence-electron chi connectivity index (χ1n) is 7.51. The van der Waals surface area contributed by atoms with Crippen LogP contribution in [0.4, 0.5) is 10.1 Å². The largest absolute Gasteiger partial charge is 0.451 e. The minimum Gasteiger partial charge on any atom is -0.451 e. The quantitative estimate of drug-likeness (QED) is 0.670. The zero-order chi connectivity index (χ0) is 18.0. The average Bonchev–Trinajstić information content (AvgIpc) is 2.61. The molecule has 25 heavy (non-hydrogen) atoms. The molecule has 1 aliphatic rings. The molecule has 0 radical (unpaired) electrons. The predicted octanol–water partition coefficient (Wildman–Crippen LogP) is 3.30. The fraction of sp³-hybridized carbons (Fsp3) is 0.167. The van der Waals surface area contributed by atoms with Gasteiger partial charge < -0.3 is 10.1 Å². The first kappa shape index (κ1) is 17.2. The van der Waals surface area contributed by atoms with Crippen LogP contribution in [0.2, 0.25) is 0 Å². The fourth-order valence-electron chi connectivity index (χ4n) is 2.34. The first-order chi connectivity index (χ1) is 11.9. The van der Waals surface area contributed by atoms with Gasteiger partial charge in [-0.1, -0.05) is 0 Å². The Morgan fingerprint density at radius 3 is 2.56 bits per heavy atom. The second-order valence-corrected chi connectivity index (χ2v) is 6.48. The highest BCUT2D eigenvalue weighted by Gasteiger charge is 2.22. The molecule has 2 aromatic carbocycles. The molecule has 5 nitrogen and oxygen atoms in total. The van der Waals surface area contributed by atoms with Crippen LogP contribution in [0.5, 0.6) is 0 Å². The number of ether oxygens (including phenoxy) is 1. The van der Waals surface area contributed by atoms with Crippen molar-refractivity contribution in [3.63, 3.8) is 0 Å². The molecule has 1 atom stereocenters. The van der Waals surface area contributed by atoms with Gasteiger partial charge in [-0.05, 0) is 49.4 Å². The van der Waals surface area contributed by atoms with E-state index >= 15 is 0 Å². The van der Waals surface area contributed by atoms with E-state index < -0.39 is 23.7 Å². The van der Waals surface area contributed by atoms with E-state index in [-0.39, 0.29) is 17.0 Å². The van der Waals surface area contributed by atoms with Crippen LogP contribution < -0.4 is 5.32 Å². The van der Waals surface area contributed by atoms with Gasteiger partial charge in [0, 0.05) is 10.5 Å². The number of Topliss-reactive ketones (excluding diaryl/α,β-unsaturated/α-hetero) is 1. The van der Waals surface area contributed by atoms with E-state index in [0.717, 1.165) is 4.90 Å². The van der Waals surface area contributed by atoms with E-state index in [4.69, 9.17) is 4.74 Å². The summed E-state index contributed by atoms with van der Waals surface area (Å²) in [6.07, 6.45) is -1.02. The normalized spacial score (nSPS) is 14.2. The molecule has 0 fully saturated rings. The summed E-state index contributed by atoms with van der Waals surface area (Å²) in [4.78, 5) is 36.8. The van der Waals surface area contributed by atoms with Gasteiger partial charge in [-0.2, -0.15) is 0 Å². The minimum atomic E-state index is -1.02. The number of carbonyl (C=O) groups excluding carboxylic acids is 3. The summed E-state index contributed by atoms with van der Waals surface area (Å²) in [7, 11) is 0. The number of benzene rings is 2. The van der Waals surface area contributed by atoms with Crippen molar-refractivity contribution in [1.82, 2.24) is 0 Å². The van der Waals surface area contributed by atoms with E-state index in [1.54, 1.807) is 12.1 Å². The van der Waals surface area contributed by atoms with Crippen LogP contribution in [0.1, 0.15) is 27.6 Å². The van der Waals surface area contributed by atoms with Crippen molar-refractivity contribution in [2.75, 3.05) is 11.1 Å².